The molecule has 80 valence electrons. The van der Waals surface area contributed by atoms with Gasteiger partial charge in [0.05, 0.1) is 0 Å². The van der Waals surface area contributed by atoms with Gasteiger partial charge in [0.2, 0.25) is 0 Å². The third-order valence-corrected chi connectivity index (χ3v) is 3.23. The second-order valence-corrected chi connectivity index (χ2v) is 4.45. The lowest BCUT2D eigenvalue weighted by Gasteiger charge is -2.12. The number of nitrogens with one attached hydrogen (secondary N) is 1. The van der Waals surface area contributed by atoms with Crippen LogP contribution in [0, 0.1) is 11.3 Å². The Morgan fingerprint density at radius 2 is 2.13 bits per heavy atom. The first kappa shape index (κ1) is 12.0. The Balaban J connectivity index is 3.61. The fraction of sp³-hybridized carbons (Fsp3) is 0.455. The molecule has 0 aliphatic heterocycles. The van der Waals surface area contributed by atoms with E-state index in [1.165, 1.54) is 0 Å². The molecule has 0 amide bonds. The van der Waals surface area contributed by atoms with Crippen molar-refractivity contribution in [1.29, 1.82) is 5.26 Å². The molecule has 0 saturated carbocycles. The highest BCUT2D eigenvalue weighted by molar-refractivity contribution is 9.10. The monoisotopic (exact) mass is 268 g/mol. The van der Waals surface area contributed by atoms with Crippen LogP contribution in [0.4, 0.5) is 0 Å². The lowest BCUT2D eigenvalue weighted by molar-refractivity contribution is 0.800. The van der Waals surface area contributed by atoms with Crippen LogP contribution in [0.2, 0.25) is 0 Å². The van der Waals surface area contributed by atoms with Crippen LogP contribution in [0.3, 0.4) is 0 Å². The molecule has 0 radical (unpaired) electrons. The van der Waals surface area contributed by atoms with Crippen molar-refractivity contribution in [3.05, 3.63) is 31.6 Å². The Bertz CT molecular complexity index is 469. The van der Waals surface area contributed by atoms with Gasteiger partial charge in [-0.1, -0.05) is 20.8 Å². The minimum atomic E-state index is -0.291. The van der Waals surface area contributed by atoms with Crippen molar-refractivity contribution in [1.82, 2.24) is 4.98 Å². The Labute approximate surface area is 97.3 Å². The number of aromatic nitrogens is 1. The van der Waals surface area contributed by atoms with Gasteiger partial charge in [-0.3, -0.25) is 4.79 Å². The van der Waals surface area contributed by atoms with Crippen LogP contribution in [-0.2, 0) is 6.42 Å². The quantitative estimate of drug-likeness (QED) is 0.897. The van der Waals surface area contributed by atoms with Crippen molar-refractivity contribution in [3.63, 3.8) is 0 Å². The number of hydrogen-bond acceptors (Lipinski definition) is 2. The van der Waals surface area contributed by atoms with E-state index in [-0.39, 0.29) is 17.0 Å². The molecule has 0 unspecified atom stereocenters. The molecule has 0 atom stereocenters. The smallest absolute Gasteiger partial charge is 0.266 e. The highest BCUT2D eigenvalue weighted by atomic mass is 79.9. The molecule has 1 aromatic heterocycles. The Morgan fingerprint density at radius 1 is 1.53 bits per heavy atom. The Morgan fingerprint density at radius 3 is 2.53 bits per heavy atom. The number of nitriles is 1. The molecular weight excluding hydrogens is 256 g/mol. The summed E-state index contributed by atoms with van der Waals surface area (Å²) in [5.74, 6) is 0.227. The van der Waals surface area contributed by atoms with Crippen molar-refractivity contribution in [2.24, 2.45) is 0 Å². The number of nitrogens with zero attached hydrogens (tertiary/aromatic N) is 1. The molecule has 0 aromatic carbocycles. The van der Waals surface area contributed by atoms with Gasteiger partial charge in [0.15, 0.2) is 0 Å². The number of rotatable bonds is 2. The van der Waals surface area contributed by atoms with E-state index in [9.17, 15) is 4.79 Å². The molecule has 15 heavy (non-hydrogen) atoms. The van der Waals surface area contributed by atoms with Gasteiger partial charge in [0, 0.05) is 10.2 Å². The van der Waals surface area contributed by atoms with E-state index >= 15 is 0 Å². The summed E-state index contributed by atoms with van der Waals surface area (Å²) in [5.41, 5.74) is 1.58. The van der Waals surface area contributed by atoms with Crippen LogP contribution >= 0.6 is 15.9 Å². The summed E-state index contributed by atoms with van der Waals surface area (Å²) in [6.07, 6.45) is 0.674. The van der Waals surface area contributed by atoms with E-state index in [4.69, 9.17) is 5.26 Å². The highest BCUT2D eigenvalue weighted by Crippen LogP contribution is 2.26. The fourth-order valence-corrected chi connectivity index (χ4v) is 2.53. The average molecular weight is 269 g/mol. The number of halogens is 1. The van der Waals surface area contributed by atoms with Gasteiger partial charge in [0.1, 0.15) is 11.6 Å². The van der Waals surface area contributed by atoms with Gasteiger partial charge in [0.25, 0.3) is 5.56 Å². The van der Waals surface area contributed by atoms with E-state index in [1.807, 2.05) is 26.8 Å². The molecule has 4 heteroatoms. The first-order valence-corrected chi connectivity index (χ1v) is 5.66. The minimum Gasteiger partial charge on any atom is -0.324 e. The van der Waals surface area contributed by atoms with E-state index < -0.39 is 0 Å². The molecule has 3 nitrogen and oxygen atoms in total. The molecule has 0 aliphatic carbocycles. The standard InChI is InChI=1S/C11H13BrN2O/c1-4-7-8(5-13)11(15)14-10(6(2)3)9(7)12/h6H,4H2,1-3H3,(H,14,15). The minimum absolute atomic E-state index is 0.216. The van der Waals surface area contributed by atoms with Crippen molar-refractivity contribution >= 4 is 15.9 Å². The molecule has 1 N–H and O–H groups in total. The van der Waals surface area contributed by atoms with E-state index in [0.29, 0.717) is 6.42 Å². The maximum absolute atomic E-state index is 11.6. The maximum atomic E-state index is 11.6. The second-order valence-electron chi connectivity index (χ2n) is 3.66. The number of hydrogen-bond donors (Lipinski definition) is 1. The molecule has 1 rings (SSSR count). The zero-order chi connectivity index (χ0) is 11.6. The third kappa shape index (κ3) is 2.13. The zero-order valence-electron chi connectivity index (χ0n) is 9.02. The second kappa shape index (κ2) is 4.63. The van der Waals surface area contributed by atoms with Gasteiger partial charge in [-0.2, -0.15) is 5.26 Å². The van der Waals surface area contributed by atoms with Crippen LogP contribution in [0.1, 0.15) is 43.5 Å². The van der Waals surface area contributed by atoms with Gasteiger partial charge in [-0.15, -0.1) is 0 Å². The molecule has 0 spiro atoms. The van der Waals surface area contributed by atoms with Gasteiger partial charge in [-0.05, 0) is 33.8 Å². The summed E-state index contributed by atoms with van der Waals surface area (Å²) in [5, 5.41) is 8.89. The predicted octanol–water partition coefficient (Wildman–Crippen LogP) is 2.69. The van der Waals surface area contributed by atoms with Crippen molar-refractivity contribution < 1.29 is 0 Å². The van der Waals surface area contributed by atoms with Crippen LogP contribution in [0.5, 0.6) is 0 Å². The molecule has 0 saturated heterocycles. The Hall–Kier alpha value is -1.08. The Kier molecular flexibility index (Phi) is 3.70. The lowest BCUT2D eigenvalue weighted by atomic mass is 10.0. The molecular formula is C11H13BrN2O. The number of pyridine rings is 1. The topological polar surface area (TPSA) is 56.6 Å². The predicted molar refractivity (Wildman–Crippen MR) is 62.9 cm³/mol. The molecule has 0 aliphatic rings. The molecule has 1 aromatic rings. The van der Waals surface area contributed by atoms with Gasteiger partial charge < -0.3 is 4.98 Å². The maximum Gasteiger partial charge on any atom is 0.266 e. The molecule has 0 fully saturated rings. The normalized spacial score (nSPS) is 10.4. The first-order valence-electron chi connectivity index (χ1n) is 4.87. The lowest BCUT2D eigenvalue weighted by Crippen LogP contribution is -2.17. The van der Waals surface area contributed by atoms with Crippen molar-refractivity contribution in [2.45, 2.75) is 33.1 Å². The van der Waals surface area contributed by atoms with Crippen LogP contribution in [-0.4, -0.2) is 4.98 Å². The number of aromatic amines is 1. The molecule has 1 heterocycles. The van der Waals surface area contributed by atoms with Gasteiger partial charge in [-0.25, -0.2) is 0 Å². The summed E-state index contributed by atoms with van der Waals surface area (Å²) in [6, 6.07) is 1.95. The van der Waals surface area contributed by atoms with Gasteiger partial charge >= 0.3 is 0 Å². The SMILES string of the molecule is CCc1c(Br)c(C(C)C)[nH]c(=O)c1C#N. The summed E-state index contributed by atoms with van der Waals surface area (Å²) < 4.78 is 0.858. The van der Waals surface area contributed by atoms with Crippen LogP contribution in [0.15, 0.2) is 9.27 Å². The summed E-state index contributed by atoms with van der Waals surface area (Å²) >= 11 is 3.45. The average Bonchev–Trinajstić information content (AvgIpc) is 2.19. The van der Waals surface area contributed by atoms with Crippen molar-refractivity contribution in [3.8, 4) is 6.07 Å². The van der Waals surface area contributed by atoms with E-state index in [2.05, 4.69) is 20.9 Å². The van der Waals surface area contributed by atoms with E-state index in [0.717, 1.165) is 15.7 Å². The first-order chi connectivity index (χ1) is 7.02. The summed E-state index contributed by atoms with van der Waals surface area (Å²) in [4.78, 5) is 14.4. The fourth-order valence-electron chi connectivity index (χ4n) is 1.50. The largest absolute Gasteiger partial charge is 0.324 e. The van der Waals surface area contributed by atoms with E-state index in [1.54, 1.807) is 0 Å². The van der Waals surface area contributed by atoms with Crippen LogP contribution < -0.4 is 5.56 Å². The summed E-state index contributed by atoms with van der Waals surface area (Å²) in [7, 11) is 0. The number of H-pyrrole nitrogens is 1. The molecule has 0 bridgehead atoms. The van der Waals surface area contributed by atoms with Crippen LogP contribution in [0.25, 0.3) is 0 Å². The zero-order valence-corrected chi connectivity index (χ0v) is 10.6. The van der Waals surface area contributed by atoms with Crippen molar-refractivity contribution in [2.75, 3.05) is 0 Å². The summed E-state index contributed by atoms with van der Waals surface area (Å²) in [6.45, 7) is 5.94. The third-order valence-electron chi connectivity index (χ3n) is 2.32. The highest BCUT2D eigenvalue weighted by Gasteiger charge is 2.15.